The molecule has 168 valence electrons. The van der Waals surface area contributed by atoms with Crippen LogP contribution in [0.1, 0.15) is 38.8 Å². The van der Waals surface area contributed by atoms with E-state index in [0.29, 0.717) is 35.3 Å². The number of hydrogen-bond donors (Lipinski definition) is 3. The third kappa shape index (κ3) is 4.82. The van der Waals surface area contributed by atoms with Gasteiger partial charge in [0.15, 0.2) is 0 Å². The molecule has 0 unspecified atom stereocenters. The van der Waals surface area contributed by atoms with E-state index in [2.05, 4.69) is 14.6 Å². The van der Waals surface area contributed by atoms with E-state index < -0.39 is 20.0 Å². The van der Waals surface area contributed by atoms with Crippen molar-refractivity contribution in [2.24, 2.45) is 17.0 Å². The zero-order chi connectivity index (χ0) is 23.0. The molecule has 0 amide bonds. The van der Waals surface area contributed by atoms with Crippen LogP contribution in [-0.2, 0) is 20.0 Å². The Morgan fingerprint density at radius 1 is 0.742 bits per heavy atom. The number of rotatable bonds is 8. The summed E-state index contributed by atoms with van der Waals surface area (Å²) < 4.78 is 55.6. The molecule has 0 spiro atoms. The predicted octanol–water partition coefficient (Wildman–Crippen LogP) is 2.76. The van der Waals surface area contributed by atoms with E-state index in [1.165, 1.54) is 24.3 Å². The van der Waals surface area contributed by atoms with Gasteiger partial charge < -0.3 is 5.21 Å². The molecule has 2 aromatic rings. The van der Waals surface area contributed by atoms with E-state index in [1.807, 2.05) is 27.7 Å². The van der Waals surface area contributed by atoms with Crippen molar-refractivity contribution < 1.29 is 22.0 Å². The van der Waals surface area contributed by atoms with Gasteiger partial charge in [0.05, 0.1) is 9.79 Å². The van der Waals surface area contributed by atoms with E-state index in [-0.39, 0.29) is 27.3 Å². The molecule has 0 radical (unpaired) electrons. The van der Waals surface area contributed by atoms with E-state index in [1.54, 1.807) is 12.1 Å². The summed E-state index contributed by atoms with van der Waals surface area (Å²) >= 11 is 0. The average molecular weight is 466 g/mol. The SMILES string of the molecule is CC(C)CNS(=O)(=O)c1ccc2c(c1)C(=NO)c1cc(S(=O)(=O)NCC(C)C)ccc1-2. The largest absolute Gasteiger partial charge is 0.410 e. The van der Waals surface area contributed by atoms with Crippen LogP contribution in [0.25, 0.3) is 11.1 Å². The fraction of sp³-hybridized carbons (Fsp3) is 0.381. The second kappa shape index (κ2) is 8.70. The highest BCUT2D eigenvalue weighted by atomic mass is 32.2. The standard InChI is InChI=1S/C21H27N3O5S2/c1-13(2)11-22-30(26,27)15-5-7-17-18-8-6-16(31(28,29)23-12-14(3)4)10-20(18)21(24-25)19(17)9-15/h5-10,13-14,22-23,25H,11-12H2,1-4H3. The Morgan fingerprint density at radius 3 is 1.45 bits per heavy atom. The summed E-state index contributed by atoms with van der Waals surface area (Å²) in [6.07, 6.45) is 0. The van der Waals surface area contributed by atoms with Crippen LogP contribution in [0, 0.1) is 11.8 Å². The van der Waals surface area contributed by atoms with Gasteiger partial charge in [-0.1, -0.05) is 45.0 Å². The zero-order valence-corrected chi connectivity index (χ0v) is 19.5. The fourth-order valence-corrected chi connectivity index (χ4v) is 5.69. The lowest BCUT2D eigenvalue weighted by Crippen LogP contribution is -2.27. The molecule has 1 aliphatic rings. The second-order valence-electron chi connectivity index (χ2n) is 8.35. The number of nitrogens with zero attached hydrogens (tertiary/aromatic N) is 1. The van der Waals surface area contributed by atoms with Gasteiger partial charge in [-0.05, 0) is 47.2 Å². The zero-order valence-electron chi connectivity index (χ0n) is 17.9. The lowest BCUT2D eigenvalue weighted by molar-refractivity contribution is 0.320. The third-order valence-electron chi connectivity index (χ3n) is 4.87. The Morgan fingerprint density at radius 2 is 1.13 bits per heavy atom. The number of hydrogen-bond acceptors (Lipinski definition) is 6. The highest BCUT2D eigenvalue weighted by Crippen LogP contribution is 2.39. The molecule has 0 heterocycles. The van der Waals surface area contributed by atoms with Gasteiger partial charge in [0.25, 0.3) is 0 Å². The van der Waals surface area contributed by atoms with Crippen molar-refractivity contribution in [2.45, 2.75) is 37.5 Å². The molecule has 0 fully saturated rings. The number of nitrogens with one attached hydrogen (secondary N) is 2. The Balaban J connectivity index is 2.02. The van der Waals surface area contributed by atoms with Gasteiger partial charge in [-0.15, -0.1) is 0 Å². The third-order valence-corrected chi connectivity index (χ3v) is 7.71. The number of oxime groups is 1. The highest BCUT2D eigenvalue weighted by molar-refractivity contribution is 7.89. The van der Waals surface area contributed by atoms with Crippen molar-refractivity contribution in [3.05, 3.63) is 47.5 Å². The Labute approximate surface area is 183 Å². The van der Waals surface area contributed by atoms with Crippen LogP contribution >= 0.6 is 0 Å². The quantitative estimate of drug-likeness (QED) is 0.348. The van der Waals surface area contributed by atoms with E-state index in [9.17, 15) is 22.0 Å². The minimum Gasteiger partial charge on any atom is -0.410 e. The fourth-order valence-electron chi connectivity index (χ4n) is 3.21. The molecule has 0 aliphatic heterocycles. The average Bonchev–Trinajstić information content (AvgIpc) is 3.03. The van der Waals surface area contributed by atoms with E-state index in [4.69, 9.17) is 0 Å². The monoisotopic (exact) mass is 465 g/mol. The topological polar surface area (TPSA) is 125 Å². The minimum absolute atomic E-state index is 0.0484. The van der Waals surface area contributed by atoms with Crippen LogP contribution in [0.4, 0.5) is 0 Å². The lowest BCUT2D eigenvalue weighted by Gasteiger charge is -2.10. The van der Waals surface area contributed by atoms with Crippen LogP contribution in [-0.4, -0.2) is 40.8 Å². The molecule has 1 aliphatic carbocycles. The Bertz CT molecular complexity index is 1140. The summed E-state index contributed by atoms with van der Waals surface area (Å²) in [4.78, 5) is 0.0969. The van der Waals surface area contributed by atoms with Gasteiger partial charge >= 0.3 is 0 Å². The van der Waals surface area contributed by atoms with Crippen molar-refractivity contribution in [3.63, 3.8) is 0 Å². The van der Waals surface area contributed by atoms with Gasteiger partial charge in [0.2, 0.25) is 20.0 Å². The van der Waals surface area contributed by atoms with Crippen LogP contribution in [0.5, 0.6) is 0 Å². The first kappa shape index (κ1) is 23.4. The van der Waals surface area contributed by atoms with E-state index in [0.717, 1.165) is 0 Å². The maximum atomic E-state index is 12.6. The smallest absolute Gasteiger partial charge is 0.240 e. The molecule has 3 rings (SSSR count). The Kier molecular flexibility index (Phi) is 6.56. The maximum Gasteiger partial charge on any atom is 0.240 e. The number of sulfonamides is 2. The van der Waals surface area contributed by atoms with Gasteiger partial charge in [0.1, 0.15) is 5.71 Å². The molecule has 8 nitrogen and oxygen atoms in total. The highest BCUT2D eigenvalue weighted by Gasteiger charge is 2.29. The number of fused-ring (bicyclic) bond motifs is 3. The lowest BCUT2D eigenvalue weighted by atomic mass is 10.1. The van der Waals surface area contributed by atoms with Crippen LogP contribution in [0.2, 0.25) is 0 Å². The van der Waals surface area contributed by atoms with Gasteiger partial charge in [-0.3, -0.25) is 0 Å². The Hall–Kier alpha value is -2.27. The molecule has 0 bridgehead atoms. The van der Waals surface area contributed by atoms with Crippen molar-refractivity contribution in [1.29, 1.82) is 0 Å². The summed E-state index contributed by atoms with van der Waals surface area (Å²) in [6.45, 7) is 8.20. The second-order valence-corrected chi connectivity index (χ2v) is 11.9. The summed E-state index contributed by atoms with van der Waals surface area (Å²) in [7, 11) is -7.47. The van der Waals surface area contributed by atoms with Crippen molar-refractivity contribution in [2.75, 3.05) is 13.1 Å². The summed E-state index contributed by atoms with van der Waals surface area (Å²) in [6, 6.07) is 9.14. The first-order valence-electron chi connectivity index (χ1n) is 9.97. The molecular formula is C21H27N3O5S2. The molecular weight excluding hydrogens is 438 g/mol. The van der Waals surface area contributed by atoms with Crippen LogP contribution in [0.15, 0.2) is 51.3 Å². The van der Waals surface area contributed by atoms with Crippen LogP contribution in [0.3, 0.4) is 0 Å². The summed E-state index contributed by atoms with van der Waals surface area (Å²) in [5, 5.41) is 13.0. The van der Waals surface area contributed by atoms with Crippen molar-refractivity contribution in [1.82, 2.24) is 9.44 Å². The molecule has 31 heavy (non-hydrogen) atoms. The van der Waals surface area contributed by atoms with Crippen molar-refractivity contribution in [3.8, 4) is 11.1 Å². The van der Waals surface area contributed by atoms with E-state index >= 15 is 0 Å². The normalized spacial score (nSPS) is 13.5. The van der Waals surface area contributed by atoms with Gasteiger partial charge in [-0.2, -0.15) is 0 Å². The van der Waals surface area contributed by atoms with Gasteiger partial charge in [-0.25, -0.2) is 26.3 Å². The molecule has 0 atom stereocenters. The molecule has 3 N–H and O–H groups in total. The first-order chi connectivity index (χ1) is 14.5. The summed E-state index contributed by atoms with van der Waals surface area (Å²) in [5.74, 6) is 0.292. The number of benzene rings is 2. The molecule has 2 aromatic carbocycles. The van der Waals surface area contributed by atoms with Crippen molar-refractivity contribution >= 4 is 25.8 Å². The maximum absolute atomic E-state index is 12.6. The first-order valence-corrected chi connectivity index (χ1v) is 12.9. The molecule has 0 aromatic heterocycles. The predicted molar refractivity (Wildman–Crippen MR) is 119 cm³/mol. The van der Waals surface area contributed by atoms with Crippen LogP contribution < -0.4 is 9.44 Å². The minimum atomic E-state index is -3.74. The molecule has 10 heteroatoms. The molecule has 0 saturated carbocycles. The van der Waals surface area contributed by atoms with Gasteiger partial charge in [0, 0.05) is 24.2 Å². The summed E-state index contributed by atoms with van der Waals surface area (Å²) in [5.41, 5.74) is 2.32. The molecule has 0 saturated heterocycles.